The van der Waals surface area contributed by atoms with Crippen LogP contribution >= 0.6 is 0 Å². The van der Waals surface area contributed by atoms with E-state index in [1.807, 2.05) is 12.1 Å². The molecule has 3 rings (SSSR count). The zero-order valence-electron chi connectivity index (χ0n) is 10.3. The highest BCUT2D eigenvalue weighted by Crippen LogP contribution is 2.14. The molecule has 4 nitrogen and oxygen atoms in total. The Bertz CT molecular complexity index is 449. The topological polar surface area (TPSA) is 43.2 Å². The minimum absolute atomic E-state index is 0.716. The molecule has 2 aliphatic rings. The zero-order valence-corrected chi connectivity index (χ0v) is 10.3. The highest BCUT2D eigenvalue weighted by Gasteiger charge is 2.14. The highest BCUT2D eigenvalue weighted by atomic mass is 16.5. The van der Waals surface area contributed by atoms with Crippen molar-refractivity contribution in [3.05, 3.63) is 35.4 Å². The largest absolute Gasteiger partial charge is 0.479 e. The van der Waals surface area contributed by atoms with E-state index >= 15 is 0 Å². The highest BCUT2D eigenvalue weighted by molar-refractivity contribution is 5.83. The number of ether oxygens (including phenoxy) is 2. The molecule has 0 aliphatic carbocycles. The third-order valence-corrected chi connectivity index (χ3v) is 3.10. The Hall–Kier alpha value is -1.84. The fraction of sp³-hybridized carbons (Fsp3) is 0.429. The zero-order chi connectivity index (χ0) is 12.2. The predicted octanol–water partition coefficient (Wildman–Crippen LogP) is 1.63. The molecule has 0 amide bonds. The molecule has 0 atom stereocenters. The van der Waals surface area contributed by atoms with Crippen LogP contribution in [0, 0.1) is 0 Å². The first kappa shape index (κ1) is 11.3. The molecular formula is C14H16N2O2. The fourth-order valence-electron chi connectivity index (χ4n) is 2.20. The molecule has 1 aromatic rings. The smallest absolute Gasteiger partial charge is 0.187 e. The maximum atomic E-state index is 5.47. The van der Waals surface area contributed by atoms with Gasteiger partial charge in [-0.2, -0.15) is 0 Å². The second kappa shape index (κ2) is 5.21. The van der Waals surface area contributed by atoms with Crippen LogP contribution in [-0.4, -0.2) is 38.1 Å². The van der Waals surface area contributed by atoms with Gasteiger partial charge in [-0.3, -0.25) is 9.98 Å². The molecule has 0 saturated carbocycles. The van der Waals surface area contributed by atoms with Gasteiger partial charge in [0, 0.05) is 12.8 Å². The molecule has 2 aliphatic heterocycles. The lowest BCUT2D eigenvalue weighted by Crippen LogP contribution is -2.09. The van der Waals surface area contributed by atoms with E-state index in [9.17, 15) is 0 Å². The van der Waals surface area contributed by atoms with Crippen molar-refractivity contribution in [2.75, 3.05) is 26.3 Å². The molecule has 0 aromatic heterocycles. The van der Waals surface area contributed by atoms with E-state index in [-0.39, 0.29) is 0 Å². The van der Waals surface area contributed by atoms with Gasteiger partial charge in [-0.25, -0.2) is 0 Å². The summed E-state index contributed by atoms with van der Waals surface area (Å²) in [4.78, 5) is 8.67. The second-order valence-electron chi connectivity index (χ2n) is 4.37. The lowest BCUT2D eigenvalue weighted by Gasteiger charge is -2.09. The van der Waals surface area contributed by atoms with Gasteiger partial charge in [0.05, 0.1) is 13.1 Å². The molecule has 1 aromatic carbocycles. The van der Waals surface area contributed by atoms with Crippen LogP contribution in [0.4, 0.5) is 0 Å². The van der Waals surface area contributed by atoms with E-state index in [1.54, 1.807) is 0 Å². The van der Waals surface area contributed by atoms with E-state index in [1.165, 1.54) is 11.1 Å². The van der Waals surface area contributed by atoms with Crippen LogP contribution in [0.1, 0.15) is 11.1 Å². The van der Waals surface area contributed by atoms with Gasteiger partial charge in [0.1, 0.15) is 13.2 Å². The minimum Gasteiger partial charge on any atom is -0.479 e. The molecule has 0 saturated heterocycles. The van der Waals surface area contributed by atoms with Crippen LogP contribution in [0.2, 0.25) is 0 Å². The van der Waals surface area contributed by atoms with Crippen LogP contribution in [0.5, 0.6) is 0 Å². The summed E-state index contributed by atoms with van der Waals surface area (Å²) in [6.45, 7) is 3.00. The number of hydrogen-bond acceptors (Lipinski definition) is 4. The SMILES string of the molecule is c1ccc(CC2=NCCO2)c(CC2=NCCO2)c1. The average Bonchev–Trinajstić information content (AvgIpc) is 3.05. The van der Waals surface area contributed by atoms with Crippen LogP contribution in [0.3, 0.4) is 0 Å². The molecule has 0 spiro atoms. The lowest BCUT2D eigenvalue weighted by molar-refractivity contribution is 0.339. The molecule has 18 heavy (non-hydrogen) atoms. The van der Waals surface area contributed by atoms with Crippen molar-refractivity contribution >= 4 is 11.8 Å². The number of hydrogen-bond donors (Lipinski definition) is 0. The fourth-order valence-corrected chi connectivity index (χ4v) is 2.20. The Labute approximate surface area is 106 Å². The molecule has 0 N–H and O–H groups in total. The Kier molecular flexibility index (Phi) is 3.26. The van der Waals surface area contributed by atoms with Crippen LogP contribution < -0.4 is 0 Å². The maximum absolute atomic E-state index is 5.47. The van der Waals surface area contributed by atoms with Gasteiger partial charge in [-0.15, -0.1) is 0 Å². The van der Waals surface area contributed by atoms with E-state index in [0.717, 1.165) is 37.7 Å². The Morgan fingerprint density at radius 2 is 1.33 bits per heavy atom. The van der Waals surface area contributed by atoms with Crippen molar-refractivity contribution in [1.29, 1.82) is 0 Å². The first-order chi connectivity index (χ1) is 8.92. The van der Waals surface area contributed by atoms with Gasteiger partial charge in [0.25, 0.3) is 0 Å². The van der Waals surface area contributed by atoms with Crippen molar-refractivity contribution in [2.24, 2.45) is 9.98 Å². The Morgan fingerprint density at radius 1 is 0.833 bits per heavy atom. The first-order valence-electron chi connectivity index (χ1n) is 6.31. The molecule has 0 fully saturated rings. The molecular weight excluding hydrogens is 228 g/mol. The molecule has 0 unspecified atom stereocenters. The van der Waals surface area contributed by atoms with Gasteiger partial charge in [0.2, 0.25) is 0 Å². The molecule has 4 heteroatoms. The van der Waals surface area contributed by atoms with Crippen molar-refractivity contribution in [2.45, 2.75) is 12.8 Å². The van der Waals surface area contributed by atoms with E-state index < -0.39 is 0 Å². The van der Waals surface area contributed by atoms with Crippen molar-refractivity contribution in [3.8, 4) is 0 Å². The maximum Gasteiger partial charge on any atom is 0.187 e. The molecule has 0 bridgehead atoms. The number of aliphatic imine (C=N–C) groups is 2. The Balaban J connectivity index is 1.76. The summed E-state index contributed by atoms with van der Waals surface area (Å²) in [5, 5.41) is 0. The predicted molar refractivity (Wildman–Crippen MR) is 70.4 cm³/mol. The standard InChI is InChI=1S/C14H16N2O2/c1-2-4-12(10-14-16-6-8-18-14)11(3-1)9-13-15-5-7-17-13/h1-4H,5-10H2. The molecule has 94 valence electrons. The normalized spacial score (nSPS) is 18.0. The van der Waals surface area contributed by atoms with Gasteiger partial charge >= 0.3 is 0 Å². The van der Waals surface area contributed by atoms with Gasteiger partial charge in [0.15, 0.2) is 11.8 Å². The number of rotatable bonds is 4. The quantitative estimate of drug-likeness (QED) is 0.808. The van der Waals surface area contributed by atoms with E-state index in [2.05, 4.69) is 22.1 Å². The van der Waals surface area contributed by atoms with E-state index in [0.29, 0.717) is 13.2 Å². The summed E-state index contributed by atoms with van der Waals surface area (Å²) < 4.78 is 10.9. The molecule has 2 heterocycles. The van der Waals surface area contributed by atoms with Crippen LogP contribution in [0.15, 0.2) is 34.3 Å². The third kappa shape index (κ3) is 2.53. The van der Waals surface area contributed by atoms with Crippen LogP contribution in [-0.2, 0) is 22.3 Å². The van der Waals surface area contributed by atoms with Crippen molar-refractivity contribution in [1.82, 2.24) is 0 Å². The van der Waals surface area contributed by atoms with E-state index in [4.69, 9.17) is 9.47 Å². The summed E-state index contributed by atoms with van der Waals surface area (Å²) >= 11 is 0. The number of nitrogens with zero attached hydrogens (tertiary/aromatic N) is 2. The minimum atomic E-state index is 0.716. The summed E-state index contributed by atoms with van der Waals surface area (Å²) in [5.74, 6) is 1.69. The molecule has 0 radical (unpaired) electrons. The van der Waals surface area contributed by atoms with Gasteiger partial charge in [-0.1, -0.05) is 24.3 Å². The monoisotopic (exact) mass is 244 g/mol. The van der Waals surface area contributed by atoms with Crippen LogP contribution in [0.25, 0.3) is 0 Å². The summed E-state index contributed by atoms with van der Waals surface area (Å²) in [7, 11) is 0. The summed E-state index contributed by atoms with van der Waals surface area (Å²) in [5.41, 5.74) is 2.49. The van der Waals surface area contributed by atoms with Crippen molar-refractivity contribution in [3.63, 3.8) is 0 Å². The third-order valence-electron chi connectivity index (χ3n) is 3.10. The average molecular weight is 244 g/mol. The second-order valence-corrected chi connectivity index (χ2v) is 4.37. The summed E-state index contributed by atoms with van der Waals surface area (Å²) in [6.07, 6.45) is 1.53. The first-order valence-corrected chi connectivity index (χ1v) is 6.31. The Morgan fingerprint density at radius 3 is 1.72 bits per heavy atom. The summed E-state index contributed by atoms with van der Waals surface area (Å²) in [6, 6.07) is 8.33. The lowest BCUT2D eigenvalue weighted by atomic mass is 10.0. The van der Waals surface area contributed by atoms with Gasteiger partial charge in [-0.05, 0) is 11.1 Å². The van der Waals surface area contributed by atoms with Gasteiger partial charge < -0.3 is 9.47 Å². The van der Waals surface area contributed by atoms with Crippen molar-refractivity contribution < 1.29 is 9.47 Å². The number of benzene rings is 1.